The third-order valence-corrected chi connectivity index (χ3v) is 1.88. The van der Waals surface area contributed by atoms with Gasteiger partial charge in [0.05, 0.1) is 6.61 Å². The SMILES string of the molecule is CC(=O)OCCCCCSC#N. The first-order chi connectivity index (χ1) is 5.77. The van der Waals surface area contributed by atoms with E-state index in [1.807, 2.05) is 5.40 Å². The summed E-state index contributed by atoms with van der Waals surface area (Å²) >= 11 is 1.27. The Morgan fingerprint density at radius 3 is 2.83 bits per heavy atom. The number of nitriles is 1. The van der Waals surface area contributed by atoms with Crippen molar-refractivity contribution in [2.24, 2.45) is 0 Å². The lowest BCUT2D eigenvalue weighted by atomic mass is 10.3. The molecule has 0 aliphatic heterocycles. The van der Waals surface area contributed by atoms with Crippen molar-refractivity contribution in [3.63, 3.8) is 0 Å². The molecule has 0 amide bonds. The summed E-state index contributed by atoms with van der Waals surface area (Å²) in [6, 6.07) is 0. The number of thiocyanates is 1. The van der Waals surface area contributed by atoms with Gasteiger partial charge < -0.3 is 4.74 Å². The first-order valence-electron chi connectivity index (χ1n) is 3.91. The summed E-state index contributed by atoms with van der Waals surface area (Å²) in [5, 5.41) is 10.2. The second kappa shape index (κ2) is 8.41. The second-order valence-corrected chi connectivity index (χ2v) is 3.22. The largest absolute Gasteiger partial charge is 0.466 e. The van der Waals surface area contributed by atoms with Crippen LogP contribution < -0.4 is 0 Å². The number of nitrogens with zero attached hydrogens (tertiary/aromatic N) is 1. The van der Waals surface area contributed by atoms with E-state index in [1.165, 1.54) is 18.7 Å². The van der Waals surface area contributed by atoms with E-state index in [1.54, 1.807) is 0 Å². The summed E-state index contributed by atoms with van der Waals surface area (Å²) in [5.41, 5.74) is 0. The zero-order valence-corrected chi connectivity index (χ0v) is 8.02. The number of unbranched alkanes of at least 4 members (excludes halogenated alkanes) is 2. The third-order valence-electron chi connectivity index (χ3n) is 1.26. The first kappa shape index (κ1) is 11.3. The summed E-state index contributed by atoms with van der Waals surface area (Å²) < 4.78 is 4.74. The fourth-order valence-electron chi connectivity index (χ4n) is 0.715. The number of hydrogen-bond acceptors (Lipinski definition) is 4. The molecule has 12 heavy (non-hydrogen) atoms. The lowest BCUT2D eigenvalue weighted by Gasteiger charge is -1.99. The van der Waals surface area contributed by atoms with Gasteiger partial charge in [-0.15, -0.1) is 0 Å². The Kier molecular flexibility index (Phi) is 7.92. The highest BCUT2D eigenvalue weighted by Crippen LogP contribution is 2.03. The average molecular weight is 187 g/mol. The van der Waals surface area contributed by atoms with Crippen LogP contribution in [0.25, 0.3) is 0 Å². The van der Waals surface area contributed by atoms with Gasteiger partial charge in [0, 0.05) is 12.7 Å². The van der Waals surface area contributed by atoms with Crippen LogP contribution in [0.1, 0.15) is 26.2 Å². The fourth-order valence-corrected chi connectivity index (χ4v) is 1.15. The third kappa shape index (κ3) is 9.31. The molecular weight excluding hydrogens is 174 g/mol. The molecule has 3 nitrogen and oxygen atoms in total. The number of esters is 1. The second-order valence-electron chi connectivity index (χ2n) is 2.34. The van der Waals surface area contributed by atoms with E-state index in [2.05, 4.69) is 0 Å². The van der Waals surface area contributed by atoms with Gasteiger partial charge >= 0.3 is 5.97 Å². The molecule has 0 aliphatic carbocycles. The van der Waals surface area contributed by atoms with Crippen molar-refractivity contribution < 1.29 is 9.53 Å². The Balaban J connectivity index is 2.92. The summed E-state index contributed by atoms with van der Waals surface area (Å²) in [5.74, 6) is 0.651. The Labute approximate surface area is 77.1 Å². The molecule has 0 atom stereocenters. The number of hydrogen-bond donors (Lipinski definition) is 0. The standard InChI is InChI=1S/C8H13NO2S/c1-8(10)11-5-3-2-4-6-12-7-9/h2-6H2,1H3. The van der Waals surface area contributed by atoms with Gasteiger partial charge in [-0.05, 0) is 31.0 Å². The summed E-state index contributed by atoms with van der Waals surface area (Å²) in [4.78, 5) is 10.3. The van der Waals surface area contributed by atoms with Crippen LogP contribution in [0.5, 0.6) is 0 Å². The van der Waals surface area contributed by atoms with Crippen LogP contribution >= 0.6 is 11.8 Å². The topological polar surface area (TPSA) is 50.1 Å². The predicted octanol–water partition coefficient (Wildman–Crippen LogP) is 1.93. The molecular formula is C8H13NO2S. The summed E-state index contributed by atoms with van der Waals surface area (Å²) in [6.07, 6.45) is 2.92. The molecule has 0 aliphatic rings. The normalized spacial score (nSPS) is 9.00. The minimum absolute atomic E-state index is 0.221. The van der Waals surface area contributed by atoms with Gasteiger partial charge in [0.1, 0.15) is 5.40 Å². The number of ether oxygens (including phenoxy) is 1. The molecule has 0 aromatic carbocycles. The molecule has 0 spiro atoms. The molecule has 0 aromatic heterocycles. The predicted molar refractivity (Wildman–Crippen MR) is 48.6 cm³/mol. The van der Waals surface area contributed by atoms with Crippen molar-refractivity contribution in [1.82, 2.24) is 0 Å². The molecule has 0 heterocycles. The molecule has 0 rings (SSSR count). The van der Waals surface area contributed by atoms with E-state index in [-0.39, 0.29) is 5.97 Å². The molecule has 0 fully saturated rings. The monoisotopic (exact) mass is 187 g/mol. The smallest absolute Gasteiger partial charge is 0.302 e. The minimum Gasteiger partial charge on any atom is -0.466 e. The van der Waals surface area contributed by atoms with Crippen LogP contribution in [-0.2, 0) is 9.53 Å². The summed E-state index contributed by atoms with van der Waals surface area (Å²) in [7, 11) is 0. The maximum atomic E-state index is 10.3. The highest BCUT2D eigenvalue weighted by atomic mass is 32.2. The fraction of sp³-hybridized carbons (Fsp3) is 0.750. The van der Waals surface area contributed by atoms with E-state index < -0.39 is 0 Å². The zero-order chi connectivity index (χ0) is 9.23. The molecule has 0 bridgehead atoms. The molecule has 68 valence electrons. The van der Waals surface area contributed by atoms with E-state index in [0.29, 0.717) is 6.61 Å². The van der Waals surface area contributed by atoms with Crippen LogP contribution in [0.2, 0.25) is 0 Å². The Morgan fingerprint density at radius 1 is 1.50 bits per heavy atom. The van der Waals surface area contributed by atoms with Gasteiger partial charge in [-0.2, -0.15) is 5.26 Å². The maximum Gasteiger partial charge on any atom is 0.302 e. The quantitative estimate of drug-likeness (QED) is 0.362. The van der Waals surface area contributed by atoms with Crippen LogP contribution in [-0.4, -0.2) is 18.3 Å². The van der Waals surface area contributed by atoms with Gasteiger partial charge in [-0.25, -0.2) is 0 Å². The van der Waals surface area contributed by atoms with E-state index in [4.69, 9.17) is 10.00 Å². The van der Waals surface area contributed by atoms with Crippen molar-refractivity contribution in [3.8, 4) is 5.40 Å². The van der Waals surface area contributed by atoms with Crippen LogP contribution in [0.15, 0.2) is 0 Å². The number of rotatable bonds is 6. The molecule has 0 saturated carbocycles. The lowest BCUT2D eigenvalue weighted by Crippen LogP contribution is -2.00. The Bertz CT molecular complexity index is 165. The molecule has 0 unspecified atom stereocenters. The van der Waals surface area contributed by atoms with E-state index in [9.17, 15) is 4.79 Å². The zero-order valence-electron chi connectivity index (χ0n) is 7.21. The van der Waals surface area contributed by atoms with Crippen molar-refractivity contribution in [1.29, 1.82) is 5.26 Å². The lowest BCUT2D eigenvalue weighted by molar-refractivity contribution is -0.141. The van der Waals surface area contributed by atoms with Gasteiger partial charge in [0.15, 0.2) is 0 Å². The van der Waals surface area contributed by atoms with Crippen LogP contribution in [0, 0.1) is 10.7 Å². The van der Waals surface area contributed by atoms with Crippen molar-refractivity contribution >= 4 is 17.7 Å². The maximum absolute atomic E-state index is 10.3. The highest BCUT2D eigenvalue weighted by Gasteiger charge is 1.93. The van der Waals surface area contributed by atoms with Crippen molar-refractivity contribution in [2.45, 2.75) is 26.2 Å². The molecule has 0 aromatic rings. The summed E-state index contributed by atoms with van der Waals surface area (Å²) in [6.45, 7) is 1.91. The average Bonchev–Trinajstić information content (AvgIpc) is 2.02. The number of carbonyl (C=O) groups is 1. The van der Waals surface area contributed by atoms with E-state index >= 15 is 0 Å². The first-order valence-corrected chi connectivity index (χ1v) is 4.90. The van der Waals surface area contributed by atoms with Gasteiger partial charge in [0.25, 0.3) is 0 Å². The van der Waals surface area contributed by atoms with Gasteiger partial charge in [-0.1, -0.05) is 0 Å². The van der Waals surface area contributed by atoms with Gasteiger partial charge in [-0.3, -0.25) is 4.79 Å². The van der Waals surface area contributed by atoms with Crippen LogP contribution in [0.3, 0.4) is 0 Å². The highest BCUT2D eigenvalue weighted by molar-refractivity contribution is 8.03. The molecule has 0 N–H and O–H groups in total. The minimum atomic E-state index is -0.221. The molecule has 0 saturated heterocycles. The van der Waals surface area contributed by atoms with Crippen molar-refractivity contribution in [3.05, 3.63) is 0 Å². The number of carbonyl (C=O) groups excluding carboxylic acids is 1. The number of thioether (sulfide) groups is 1. The Morgan fingerprint density at radius 2 is 2.25 bits per heavy atom. The molecule has 0 radical (unpaired) electrons. The van der Waals surface area contributed by atoms with E-state index in [0.717, 1.165) is 25.0 Å². The van der Waals surface area contributed by atoms with Crippen molar-refractivity contribution in [2.75, 3.05) is 12.4 Å². The van der Waals surface area contributed by atoms with Crippen LogP contribution in [0.4, 0.5) is 0 Å². The molecule has 4 heteroatoms. The Hall–Kier alpha value is -0.690. The van der Waals surface area contributed by atoms with Gasteiger partial charge in [0.2, 0.25) is 0 Å².